The zero-order valence-electron chi connectivity index (χ0n) is 9.82. The molecule has 0 N–H and O–H groups in total. The molecule has 1 rings (SSSR count). The lowest BCUT2D eigenvalue weighted by Crippen LogP contribution is -2.10. The van der Waals surface area contributed by atoms with Crippen molar-refractivity contribution in [2.24, 2.45) is 5.92 Å². The number of methoxy groups -OCH3 is 1. The minimum Gasteiger partial charge on any atom is -0.359 e. The molecule has 0 fully saturated rings. The topological polar surface area (TPSA) is 18.5 Å². The number of rotatable bonds is 6. The van der Waals surface area contributed by atoms with Gasteiger partial charge in [-0.3, -0.25) is 0 Å². The highest BCUT2D eigenvalue weighted by Crippen LogP contribution is 2.10. The maximum atomic E-state index is 5.32. The molecule has 0 aliphatic carbocycles. The van der Waals surface area contributed by atoms with Crippen LogP contribution >= 0.6 is 0 Å². The normalized spacial score (nSPS) is 12.7. The molecule has 0 radical (unpaired) electrons. The van der Waals surface area contributed by atoms with Gasteiger partial charge in [-0.05, 0) is 24.8 Å². The van der Waals surface area contributed by atoms with Gasteiger partial charge in [0.2, 0.25) is 0 Å². The Bertz CT molecular complexity index is 266. The highest BCUT2D eigenvalue weighted by molar-refractivity contribution is 5.21. The smallest absolute Gasteiger partial charge is 0.146 e. The predicted molar refractivity (Wildman–Crippen MR) is 61.9 cm³/mol. The fourth-order valence-corrected chi connectivity index (χ4v) is 1.52. The minimum absolute atomic E-state index is 0.387. The summed E-state index contributed by atoms with van der Waals surface area (Å²) in [5, 5.41) is 0. The van der Waals surface area contributed by atoms with Crippen LogP contribution in [0.2, 0.25) is 0 Å². The molecule has 0 aromatic heterocycles. The van der Waals surface area contributed by atoms with Gasteiger partial charge < -0.3 is 9.47 Å². The van der Waals surface area contributed by atoms with Crippen molar-refractivity contribution in [1.29, 1.82) is 0 Å². The van der Waals surface area contributed by atoms with Crippen molar-refractivity contribution < 1.29 is 9.47 Å². The molecule has 2 heteroatoms. The molecule has 2 nitrogen and oxygen atoms in total. The lowest BCUT2D eigenvalue weighted by Gasteiger charge is -2.11. The van der Waals surface area contributed by atoms with Crippen molar-refractivity contribution in [3.63, 3.8) is 0 Å². The molecule has 1 aromatic carbocycles. The standard InChI is InChI=1S/C13H20O2/c1-11-4-6-13(7-5-11)8-12(2)9-15-10-14-3/h4-7,12H,8-10H2,1-3H3. The first-order valence-electron chi connectivity index (χ1n) is 5.34. The van der Waals surface area contributed by atoms with Crippen LogP contribution in [0.4, 0.5) is 0 Å². The highest BCUT2D eigenvalue weighted by atomic mass is 16.7. The van der Waals surface area contributed by atoms with Crippen LogP contribution in [0.25, 0.3) is 0 Å². The Kier molecular flexibility index (Phi) is 5.37. The zero-order chi connectivity index (χ0) is 11.1. The lowest BCUT2D eigenvalue weighted by molar-refractivity contribution is -0.0414. The van der Waals surface area contributed by atoms with E-state index in [2.05, 4.69) is 38.1 Å². The Morgan fingerprint density at radius 1 is 1.20 bits per heavy atom. The van der Waals surface area contributed by atoms with Crippen molar-refractivity contribution in [3.05, 3.63) is 35.4 Å². The zero-order valence-corrected chi connectivity index (χ0v) is 9.82. The molecular formula is C13H20O2. The monoisotopic (exact) mass is 208 g/mol. The molecular weight excluding hydrogens is 188 g/mol. The van der Waals surface area contributed by atoms with E-state index in [9.17, 15) is 0 Å². The van der Waals surface area contributed by atoms with E-state index < -0.39 is 0 Å². The van der Waals surface area contributed by atoms with Gasteiger partial charge in [-0.25, -0.2) is 0 Å². The Morgan fingerprint density at radius 3 is 2.47 bits per heavy atom. The van der Waals surface area contributed by atoms with Crippen LogP contribution in [0.5, 0.6) is 0 Å². The van der Waals surface area contributed by atoms with Crippen LogP contribution in [0, 0.1) is 12.8 Å². The summed E-state index contributed by atoms with van der Waals surface area (Å²) < 4.78 is 10.2. The van der Waals surface area contributed by atoms with Gasteiger partial charge in [0.15, 0.2) is 0 Å². The lowest BCUT2D eigenvalue weighted by atomic mass is 10.0. The van der Waals surface area contributed by atoms with Crippen LogP contribution in [0.3, 0.4) is 0 Å². The number of benzene rings is 1. The summed E-state index contributed by atoms with van der Waals surface area (Å²) >= 11 is 0. The van der Waals surface area contributed by atoms with E-state index in [-0.39, 0.29) is 0 Å². The summed E-state index contributed by atoms with van der Waals surface area (Å²) in [6, 6.07) is 8.67. The molecule has 0 bridgehead atoms. The molecule has 0 saturated carbocycles. The second-order valence-corrected chi connectivity index (χ2v) is 4.07. The molecule has 0 spiro atoms. The minimum atomic E-state index is 0.387. The Hall–Kier alpha value is -0.860. The van der Waals surface area contributed by atoms with Crippen LogP contribution < -0.4 is 0 Å². The van der Waals surface area contributed by atoms with Crippen molar-refractivity contribution in [2.75, 3.05) is 20.5 Å². The molecule has 15 heavy (non-hydrogen) atoms. The summed E-state index contributed by atoms with van der Waals surface area (Å²) in [4.78, 5) is 0. The molecule has 1 unspecified atom stereocenters. The van der Waals surface area contributed by atoms with Crippen LogP contribution in [0.15, 0.2) is 24.3 Å². The first kappa shape index (κ1) is 12.2. The van der Waals surface area contributed by atoms with E-state index in [0.29, 0.717) is 12.7 Å². The quantitative estimate of drug-likeness (QED) is 0.528. The average Bonchev–Trinajstić information content (AvgIpc) is 2.22. The third-order valence-electron chi connectivity index (χ3n) is 2.31. The fourth-order valence-electron chi connectivity index (χ4n) is 1.52. The summed E-state index contributed by atoms with van der Waals surface area (Å²) in [6.07, 6.45) is 1.06. The van der Waals surface area contributed by atoms with Crippen LogP contribution in [-0.4, -0.2) is 20.5 Å². The van der Waals surface area contributed by atoms with Gasteiger partial charge in [-0.2, -0.15) is 0 Å². The first-order valence-corrected chi connectivity index (χ1v) is 5.34. The molecule has 1 atom stereocenters. The van der Waals surface area contributed by atoms with Gasteiger partial charge in [0.1, 0.15) is 6.79 Å². The van der Waals surface area contributed by atoms with Crippen LogP contribution in [0.1, 0.15) is 18.1 Å². The highest BCUT2D eigenvalue weighted by Gasteiger charge is 2.03. The van der Waals surface area contributed by atoms with E-state index in [1.807, 2.05) is 0 Å². The predicted octanol–water partition coefficient (Wildman–Crippen LogP) is 2.79. The summed E-state index contributed by atoms with van der Waals surface area (Å²) in [5.41, 5.74) is 2.68. The molecule has 0 saturated heterocycles. The van der Waals surface area contributed by atoms with Crippen molar-refractivity contribution in [1.82, 2.24) is 0 Å². The molecule has 1 aromatic rings. The third kappa shape index (κ3) is 4.96. The maximum absolute atomic E-state index is 5.32. The van der Waals surface area contributed by atoms with E-state index in [1.54, 1.807) is 7.11 Å². The number of ether oxygens (including phenoxy) is 2. The SMILES string of the molecule is COCOCC(C)Cc1ccc(C)cc1. The second kappa shape index (κ2) is 6.59. The van der Waals surface area contributed by atoms with Crippen LogP contribution in [-0.2, 0) is 15.9 Å². The third-order valence-corrected chi connectivity index (χ3v) is 2.31. The van der Waals surface area contributed by atoms with Crippen molar-refractivity contribution in [2.45, 2.75) is 20.3 Å². The van der Waals surface area contributed by atoms with Gasteiger partial charge in [-0.15, -0.1) is 0 Å². The summed E-state index contributed by atoms with van der Waals surface area (Å²) in [7, 11) is 1.64. The van der Waals surface area contributed by atoms with Crippen molar-refractivity contribution in [3.8, 4) is 0 Å². The van der Waals surface area contributed by atoms with Gasteiger partial charge in [-0.1, -0.05) is 36.8 Å². The average molecular weight is 208 g/mol. The Balaban J connectivity index is 2.31. The maximum Gasteiger partial charge on any atom is 0.146 e. The first-order chi connectivity index (χ1) is 7.22. The summed E-state index contributed by atoms with van der Waals surface area (Å²) in [6.45, 7) is 5.43. The molecule has 0 aliphatic heterocycles. The second-order valence-electron chi connectivity index (χ2n) is 4.07. The van der Waals surface area contributed by atoms with E-state index in [0.717, 1.165) is 13.0 Å². The van der Waals surface area contributed by atoms with Gasteiger partial charge in [0.05, 0.1) is 6.61 Å². The van der Waals surface area contributed by atoms with Gasteiger partial charge in [0, 0.05) is 7.11 Å². The molecule has 0 aliphatic rings. The number of hydrogen-bond acceptors (Lipinski definition) is 2. The van der Waals surface area contributed by atoms with E-state index in [1.165, 1.54) is 11.1 Å². The van der Waals surface area contributed by atoms with E-state index >= 15 is 0 Å². The van der Waals surface area contributed by atoms with Gasteiger partial charge >= 0.3 is 0 Å². The number of aryl methyl sites for hydroxylation is 1. The number of hydrogen-bond donors (Lipinski definition) is 0. The molecule has 84 valence electrons. The molecule has 0 amide bonds. The summed E-state index contributed by atoms with van der Waals surface area (Å²) in [5.74, 6) is 0.530. The van der Waals surface area contributed by atoms with Crippen molar-refractivity contribution >= 4 is 0 Å². The fraction of sp³-hybridized carbons (Fsp3) is 0.538. The largest absolute Gasteiger partial charge is 0.359 e. The Morgan fingerprint density at radius 2 is 1.87 bits per heavy atom. The van der Waals surface area contributed by atoms with E-state index in [4.69, 9.17) is 9.47 Å². The van der Waals surface area contributed by atoms with Gasteiger partial charge in [0.25, 0.3) is 0 Å². The Labute approximate surface area is 92.2 Å². The molecule has 0 heterocycles.